The number of hydrogen-bond donors (Lipinski definition) is 1. The summed E-state index contributed by atoms with van der Waals surface area (Å²) >= 11 is 0. The topological polar surface area (TPSA) is 37.8 Å². The van der Waals surface area contributed by atoms with E-state index in [-0.39, 0.29) is 0 Å². The number of aryl methyl sites for hydroxylation is 3. The molecule has 0 amide bonds. The standard InChI is InChI=1S/C17H29N3/c1-12(2)7-10-17-19-13(3)16(14(4)20-17)6-5-11-18-15-8-9-15/h12,15,18H,5-11H2,1-4H3. The largest absolute Gasteiger partial charge is 0.314 e. The summed E-state index contributed by atoms with van der Waals surface area (Å²) in [6.45, 7) is 9.90. The lowest BCUT2D eigenvalue weighted by Crippen LogP contribution is -2.18. The molecule has 3 nitrogen and oxygen atoms in total. The molecule has 0 unspecified atom stereocenters. The lowest BCUT2D eigenvalue weighted by Gasteiger charge is -2.12. The van der Waals surface area contributed by atoms with Crippen molar-refractivity contribution in [1.82, 2.24) is 15.3 Å². The van der Waals surface area contributed by atoms with Gasteiger partial charge in [-0.05, 0) is 64.0 Å². The summed E-state index contributed by atoms with van der Waals surface area (Å²) in [6, 6.07) is 0.812. The first-order chi connectivity index (χ1) is 9.56. The van der Waals surface area contributed by atoms with Crippen molar-refractivity contribution >= 4 is 0 Å². The van der Waals surface area contributed by atoms with Gasteiger partial charge in [-0.3, -0.25) is 0 Å². The van der Waals surface area contributed by atoms with Crippen LogP contribution < -0.4 is 5.32 Å². The quantitative estimate of drug-likeness (QED) is 0.739. The lowest BCUT2D eigenvalue weighted by molar-refractivity contribution is 0.571. The number of nitrogens with zero attached hydrogens (tertiary/aromatic N) is 2. The predicted molar refractivity (Wildman–Crippen MR) is 84.0 cm³/mol. The van der Waals surface area contributed by atoms with Crippen molar-refractivity contribution in [2.45, 2.75) is 72.3 Å². The fraction of sp³-hybridized carbons (Fsp3) is 0.765. The molecule has 0 spiro atoms. The summed E-state index contributed by atoms with van der Waals surface area (Å²) in [7, 11) is 0. The molecule has 0 bridgehead atoms. The first kappa shape index (κ1) is 15.4. The predicted octanol–water partition coefficient (Wildman–Crippen LogP) is 3.37. The Morgan fingerprint density at radius 2 is 1.75 bits per heavy atom. The normalized spacial score (nSPS) is 15.1. The molecule has 1 aromatic heterocycles. The van der Waals surface area contributed by atoms with Crippen molar-refractivity contribution < 1.29 is 0 Å². The fourth-order valence-electron chi connectivity index (χ4n) is 2.56. The molecule has 1 aromatic rings. The third-order valence-corrected chi connectivity index (χ3v) is 4.03. The van der Waals surface area contributed by atoms with Crippen molar-refractivity contribution in [3.8, 4) is 0 Å². The second kappa shape index (κ2) is 7.16. The van der Waals surface area contributed by atoms with Crippen LogP contribution in [0.5, 0.6) is 0 Å². The highest BCUT2D eigenvalue weighted by atomic mass is 14.9. The van der Waals surface area contributed by atoms with Crippen LogP contribution in [0.4, 0.5) is 0 Å². The highest BCUT2D eigenvalue weighted by Gasteiger charge is 2.19. The molecule has 0 atom stereocenters. The molecule has 112 valence electrons. The molecular formula is C17H29N3. The SMILES string of the molecule is Cc1nc(CCC(C)C)nc(C)c1CCCNC1CC1. The van der Waals surface area contributed by atoms with Gasteiger partial charge in [0.25, 0.3) is 0 Å². The molecule has 1 heterocycles. The molecule has 0 saturated heterocycles. The molecular weight excluding hydrogens is 246 g/mol. The second-order valence-corrected chi connectivity index (χ2v) is 6.55. The fourth-order valence-corrected chi connectivity index (χ4v) is 2.56. The number of rotatable bonds is 8. The summed E-state index contributed by atoms with van der Waals surface area (Å²) in [5.41, 5.74) is 3.72. The van der Waals surface area contributed by atoms with Crippen LogP contribution in [0.1, 0.15) is 62.3 Å². The van der Waals surface area contributed by atoms with Gasteiger partial charge in [0.15, 0.2) is 0 Å². The number of aromatic nitrogens is 2. The maximum Gasteiger partial charge on any atom is 0.128 e. The van der Waals surface area contributed by atoms with E-state index in [1.807, 2.05) is 0 Å². The van der Waals surface area contributed by atoms with Crippen molar-refractivity contribution in [3.63, 3.8) is 0 Å². The van der Waals surface area contributed by atoms with Crippen LogP contribution in [0, 0.1) is 19.8 Å². The van der Waals surface area contributed by atoms with Gasteiger partial charge in [0.2, 0.25) is 0 Å². The Hall–Kier alpha value is -0.960. The molecule has 3 heteroatoms. The van der Waals surface area contributed by atoms with Gasteiger partial charge in [-0.25, -0.2) is 9.97 Å². The minimum Gasteiger partial charge on any atom is -0.314 e. The molecule has 20 heavy (non-hydrogen) atoms. The van der Waals surface area contributed by atoms with Crippen LogP contribution >= 0.6 is 0 Å². The molecule has 1 aliphatic carbocycles. The highest BCUT2D eigenvalue weighted by molar-refractivity contribution is 5.24. The molecule has 1 N–H and O–H groups in total. The summed E-state index contributed by atoms with van der Waals surface area (Å²) in [5.74, 6) is 1.74. The van der Waals surface area contributed by atoms with E-state index in [0.29, 0.717) is 5.92 Å². The first-order valence-electron chi connectivity index (χ1n) is 8.12. The molecule has 0 aliphatic heterocycles. The van der Waals surface area contributed by atoms with Gasteiger partial charge in [-0.2, -0.15) is 0 Å². The van der Waals surface area contributed by atoms with Gasteiger partial charge >= 0.3 is 0 Å². The molecule has 1 aliphatic rings. The average Bonchev–Trinajstić information content (AvgIpc) is 3.18. The zero-order valence-electron chi connectivity index (χ0n) is 13.5. The van der Waals surface area contributed by atoms with Crippen molar-refractivity contribution in [3.05, 3.63) is 22.8 Å². The van der Waals surface area contributed by atoms with Crippen molar-refractivity contribution in [2.24, 2.45) is 5.92 Å². The van der Waals surface area contributed by atoms with E-state index in [4.69, 9.17) is 9.97 Å². The van der Waals surface area contributed by atoms with E-state index in [9.17, 15) is 0 Å². The zero-order valence-corrected chi connectivity index (χ0v) is 13.5. The van der Waals surface area contributed by atoms with E-state index in [2.05, 4.69) is 33.0 Å². The van der Waals surface area contributed by atoms with E-state index in [1.54, 1.807) is 0 Å². The third kappa shape index (κ3) is 4.86. The molecule has 0 aromatic carbocycles. The third-order valence-electron chi connectivity index (χ3n) is 4.03. The van der Waals surface area contributed by atoms with E-state index in [1.165, 1.54) is 42.6 Å². The van der Waals surface area contributed by atoms with E-state index < -0.39 is 0 Å². The van der Waals surface area contributed by atoms with Gasteiger partial charge < -0.3 is 5.32 Å². The van der Waals surface area contributed by atoms with Crippen LogP contribution in [0.2, 0.25) is 0 Å². The molecule has 1 saturated carbocycles. The summed E-state index contributed by atoms with van der Waals surface area (Å²) in [4.78, 5) is 9.40. The Kier molecular flexibility index (Phi) is 5.53. The minimum absolute atomic E-state index is 0.715. The Balaban J connectivity index is 1.87. The van der Waals surface area contributed by atoms with Crippen LogP contribution in [-0.2, 0) is 12.8 Å². The molecule has 0 radical (unpaired) electrons. The zero-order chi connectivity index (χ0) is 14.5. The van der Waals surface area contributed by atoms with Crippen molar-refractivity contribution in [1.29, 1.82) is 0 Å². The Bertz CT molecular complexity index is 413. The molecule has 1 fully saturated rings. The molecule has 2 rings (SSSR count). The Labute approximate surface area is 123 Å². The van der Waals surface area contributed by atoms with E-state index in [0.717, 1.165) is 31.3 Å². The smallest absolute Gasteiger partial charge is 0.128 e. The number of nitrogens with one attached hydrogen (secondary N) is 1. The highest BCUT2D eigenvalue weighted by Crippen LogP contribution is 2.19. The van der Waals surface area contributed by atoms with Crippen molar-refractivity contribution in [2.75, 3.05) is 6.54 Å². The summed E-state index contributed by atoms with van der Waals surface area (Å²) in [5, 5.41) is 3.57. The van der Waals surface area contributed by atoms with Crippen LogP contribution in [0.15, 0.2) is 0 Å². The van der Waals surface area contributed by atoms with Crippen LogP contribution in [-0.4, -0.2) is 22.6 Å². The Morgan fingerprint density at radius 1 is 1.10 bits per heavy atom. The van der Waals surface area contributed by atoms with Crippen LogP contribution in [0.3, 0.4) is 0 Å². The van der Waals surface area contributed by atoms with Gasteiger partial charge in [0.1, 0.15) is 5.82 Å². The second-order valence-electron chi connectivity index (χ2n) is 6.55. The first-order valence-corrected chi connectivity index (χ1v) is 8.12. The summed E-state index contributed by atoms with van der Waals surface area (Å²) < 4.78 is 0. The van der Waals surface area contributed by atoms with Crippen LogP contribution in [0.25, 0.3) is 0 Å². The maximum atomic E-state index is 4.70. The summed E-state index contributed by atoms with van der Waals surface area (Å²) in [6.07, 6.45) is 7.19. The minimum atomic E-state index is 0.715. The van der Waals surface area contributed by atoms with Gasteiger partial charge in [0.05, 0.1) is 0 Å². The van der Waals surface area contributed by atoms with Gasteiger partial charge in [0, 0.05) is 23.9 Å². The lowest BCUT2D eigenvalue weighted by atomic mass is 10.0. The van der Waals surface area contributed by atoms with Gasteiger partial charge in [-0.1, -0.05) is 13.8 Å². The Morgan fingerprint density at radius 3 is 2.30 bits per heavy atom. The van der Waals surface area contributed by atoms with Gasteiger partial charge in [-0.15, -0.1) is 0 Å². The number of hydrogen-bond acceptors (Lipinski definition) is 3. The average molecular weight is 275 g/mol. The van der Waals surface area contributed by atoms with E-state index >= 15 is 0 Å². The maximum absolute atomic E-state index is 4.70. The monoisotopic (exact) mass is 275 g/mol.